The predicted molar refractivity (Wildman–Crippen MR) is 57.2 cm³/mol. The Bertz CT molecular complexity index is 336. The third kappa shape index (κ3) is 3.20. The van der Waals surface area contributed by atoms with Crippen LogP contribution in [0.1, 0.15) is 13.8 Å². The molecule has 0 fully saturated rings. The van der Waals surface area contributed by atoms with E-state index in [-0.39, 0.29) is 11.7 Å². The molecule has 1 rings (SSSR count). The van der Waals surface area contributed by atoms with Crippen LogP contribution in [0.25, 0.3) is 0 Å². The molecule has 3 nitrogen and oxygen atoms in total. The summed E-state index contributed by atoms with van der Waals surface area (Å²) in [6, 6.07) is 0. The SMILES string of the molecule is CCOC(=O)/C=C(\C)C(=O)C1C=CC=C1. The number of carbonyl (C=O) groups excluding carboxylic acids is 2. The Morgan fingerprint density at radius 1 is 1.33 bits per heavy atom. The maximum Gasteiger partial charge on any atom is 0.331 e. The number of allylic oxidation sites excluding steroid dienone is 5. The van der Waals surface area contributed by atoms with Crippen molar-refractivity contribution in [2.24, 2.45) is 5.92 Å². The molecule has 0 unspecified atom stereocenters. The molecule has 0 heterocycles. The van der Waals surface area contributed by atoms with Crippen molar-refractivity contribution in [3.8, 4) is 0 Å². The second-order valence-electron chi connectivity index (χ2n) is 3.24. The van der Waals surface area contributed by atoms with E-state index >= 15 is 0 Å². The summed E-state index contributed by atoms with van der Waals surface area (Å²) in [6.45, 7) is 3.67. The van der Waals surface area contributed by atoms with Gasteiger partial charge in [-0.1, -0.05) is 24.3 Å². The normalized spacial score (nSPS) is 15.7. The molecular formula is C12H14O3. The molecule has 15 heavy (non-hydrogen) atoms. The maximum absolute atomic E-state index is 11.7. The summed E-state index contributed by atoms with van der Waals surface area (Å²) in [5.41, 5.74) is 0.426. The smallest absolute Gasteiger partial charge is 0.331 e. The average molecular weight is 206 g/mol. The van der Waals surface area contributed by atoms with Gasteiger partial charge in [0.05, 0.1) is 12.5 Å². The minimum atomic E-state index is -0.464. The van der Waals surface area contributed by atoms with E-state index in [0.29, 0.717) is 12.2 Å². The summed E-state index contributed by atoms with van der Waals surface area (Å²) in [6.07, 6.45) is 8.47. The monoisotopic (exact) mass is 206 g/mol. The molecule has 0 saturated carbocycles. The van der Waals surface area contributed by atoms with E-state index in [1.807, 2.05) is 12.2 Å². The van der Waals surface area contributed by atoms with E-state index in [0.717, 1.165) is 0 Å². The third-order valence-electron chi connectivity index (χ3n) is 2.06. The topological polar surface area (TPSA) is 43.4 Å². The van der Waals surface area contributed by atoms with Crippen molar-refractivity contribution in [3.05, 3.63) is 36.0 Å². The first-order valence-electron chi connectivity index (χ1n) is 4.89. The number of hydrogen-bond donors (Lipinski definition) is 0. The number of carbonyl (C=O) groups is 2. The highest BCUT2D eigenvalue weighted by atomic mass is 16.5. The molecule has 0 aliphatic heterocycles. The highest BCUT2D eigenvalue weighted by Crippen LogP contribution is 2.14. The Balaban J connectivity index is 2.63. The molecule has 0 aromatic rings. The van der Waals surface area contributed by atoms with Gasteiger partial charge in [-0.15, -0.1) is 0 Å². The van der Waals surface area contributed by atoms with Crippen LogP contribution in [0.3, 0.4) is 0 Å². The van der Waals surface area contributed by atoms with Crippen LogP contribution in [0.4, 0.5) is 0 Å². The molecule has 1 aliphatic carbocycles. The minimum Gasteiger partial charge on any atom is -0.463 e. The Morgan fingerprint density at radius 2 is 1.93 bits per heavy atom. The molecule has 3 heteroatoms. The lowest BCUT2D eigenvalue weighted by molar-refractivity contribution is -0.137. The van der Waals surface area contributed by atoms with Gasteiger partial charge in [-0.25, -0.2) is 4.79 Å². The minimum absolute atomic E-state index is 0.0620. The van der Waals surface area contributed by atoms with Crippen LogP contribution in [0, 0.1) is 5.92 Å². The van der Waals surface area contributed by atoms with Crippen LogP contribution in [0.5, 0.6) is 0 Å². The zero-order valence-electron chi connectivity index (χ0n) is 8.90. The molecule has 0 spiro atoms. The van der Waals surface area contributed by atoms with Crippen molar-refractivity contribution in [1.29, 1.82) is 0 Å². The summed E-state index contributed by atoms with van der Waals surface area (Å²) in [7, 11) is 0. The van der Waals surface area contributed by atoms with Crippen LogP contribution in [0.2, 0.25) is 0 Å². The van der Waals surface area contributed by atoms with Crippen molar-refractivity contribution in [2.75, 3.05) is 6.61 Å². The third-order valence-corrected chi connectivity index (χ3v) is 2.06. The second kappa shape index (κ2) is 5.29. The number of rotatable bonds is 4. The molecule has 0 bridgehead atoms. The standard InChI is InChI=1S/C12H14O3/c1-3-15-11(13)8-9(2)12(14)10-6-4-5-7-10/h4-8,10H,3H2,1-2H3/b9-8+. The predicted octanol–water partition coefficient (Wildman–Crippen LogP) is 1.81. The van der Waals surface area contributed by atoms with Crippen molar-refractivity contribution in [1.82, 2.24) is 0 Å². The summed E-state index contributed by atoms with van der Waals surface area (Å²) < 4.78 is 4.72. The number of esters is 1. The van der Waals surface area contributed by atoms with Gasteiger partial charge in [-0.05, 0) is 13.8 Å². The number of Topliss-reactive ketones (excluding diaryl/α,β-unsaturated/α-hetero) is 1. The Kier molecular flexibility index (Phi) is 4.03. The van der Waals surface area contributed by atoms with Crippen LogP contribution >= 0.6 is 0 Å². The molecule has 0 aromatic carbocycles. The Hall–Kier alpha value is -1.64. The largest absolute Gasteiger partial charge is 0.463 e. The van der Waals surface area contributed by atoms with E-state index in [1.165, 1.54) is 6.08 Å². The van der Waals surface area contributed by atoms with Gasteiger partial charge >= 0.3 is 5.97 Å². The highest BCUT2D eigenvalue weighted by Gasteiger charge is 2.16. The fourth-order valence-electron chi connectivity index (χ4n) is 1.30. The van der Waals surface area contributed by atoms with E-state index in [4.69, 9.17) is 4.74 Å². The van der Waals surface area contributed by atoms with Gasteiger partial charge < -0.3 is 4.74 Å². The number of hydrogen-bond acceptors (Lipinski definition) is 3. The molecule has 0 atom stereocenters. The fourth-order valence-corrected chi connectivity index (χ4v) is 1.30. The second-order valence-corrected chi connectivity index (χ2v) is 3.24. The maximum atomic E-state index is 11.7. The molecule has 0 aromatic heterocycles. The molecule has 1 aliphatic rings. The first kappa shape index (κ1) is 11.4. The molecule has 0 amide bonds. The first-order chi connectivity index (χ1) is 7.15. The lowest BCUT2D eigenvalue weighted by Crippen LogP contribution is -2.11. The Morgan fingerprint density at radius 3 is 2.47 bits per heavy atom. The van der Waals surface area contributed by atoms with E-state index in [2.05, 4.69) is 0 Å². The van der Waals surface area contributed by atoms with E-state index in [1.54, 1.807) is 26.0 Å². The molecule has 0 radical (unpaired) electrons. The lowest BCUT2D eigenvalue weighted by atomic mass is 10.00. The van der Waals surface area contributed by atoms with E-state index in [9.17, 15) is 9.59 Å². The van der Waals surface area contributed by atoms with Crippen LogP contribution in [-0.2, 0) is 14.3 Å². The highest BCUT2D eigenvalue weighted by molar-refractivity contribution is 6.03. The summed E-state index contributed by atoms with van der Waals surface area (Å²) in [5.74, 6) is -0.752. The number of ketones is 1. The summed E-state index contributed by atoms with van der Waals surface area (Å²) in [4.78, 5) is 22.8. The van der Waals surface area contributed by atoms with Gasteiger partial charge in [0, 0.05) is 11.6 Å². The van der Waals surface area contributed by atoms with Gasteiger partial charge in [0.15, 0.2) is 5.78 Å². The van der Waals surface area contributed by atoms with Crippen molar-refractivity contribution in [2.45, 2.75) is 13.8 Å². The fraction of sp³-hybridized carbons (Fsp3) is 0.333. The first-order valence-corrected chi connectivity index (χ1v) is 4.89. The lowest BCUT2D eigenvalue weighted by Gasteiger charge is -2.04. The van der Waals surface area contributed by atoms with Crippen LogP contribution in [0.15, 0.2) is 36.0 Å². The van der Waals surface area contributed by atoms with Crippen molar-refractivity contribution in [3.63, 3.8) is 0 Å². The zero-order chi connectivity index (χ0) is 11.3. The molecule has 0 N–H and O–H groups in total. The molecular weight excluding hydrogens is 192 g/mol. The van der Waals surface area contributed by atoms with Gasteiger partial charge in [-0.3, -0.25) is 4.79 Å². The van der Waals surface area contributed by atoms with Crippen LogP contribution < -0.4 is 0 Å². The quantitative estimate of drug-likeness (QED) is 0.520. The van der Waals surface area contributed by atoms with Gasteiger partial charge in [-0.2, -0.15) is 0 Å². The molecule has 80 valence electrons. The summed E-state index contributed by atoms with van der Waals surface area (Å²) in [5, 5.41) is 0. The van der Waals surface area contributed by atoms with Crippen molar-refractivity contribution >= 4 is 11.8 Å². The van der Waals surface area contributed by atoms with Crippen LogP contribution in [-0.4, -0.2) is 18.4 Å². The number of ether oxygens (including phenoxy) is 1. The van der Waals surface area contributed by atoms with Gasteiger partial charge in [0.1, 0.15) is 0 Å². The Labute approximate surface area is 89.1 Å². The van der Waals surface area contributed by atoms with Gasteiger partial charge in [0.2, 0.25) is 0 Å². The zero-order valence-corrected chi connectivity index (χ0v) is 8.90. The van der Waals surface area contributed by atoms with Gasteiger partial charge in [0.25, 0.3) is 0 Å². The summed E-state index contributed by atoms with van der Waals surface area (Å²) >= 11 is 0. The molecule has 0 saturated heterocycles. The van der Waals surface area contributed by atoms with E-state index < -0.39 is 5.97 Å². The van der Waals surface area contributed by atoms with Crippen molar-refractivity contribution < 1.29 is 14.3 Å². The average Bonchev–Trinajstić information content (AvgIpc) is 2.69.